The summed E-state index contributed by atoms with van der Waals surface area (Å²) in [5.41, 5.74) is 1.05. The molecule has 4 N–H and O–H groups in total. The Kier molecular flexibility index (Phi) is 10.5. The van der Waals surface area contributed by atoms with Crippen LogP contribution in [0.4, 0.5) is 22.7 Å². The lowest BCUT2D eigenvalue weighted by molar-refractivity contribution is -0.106. The van der Waals surface area contributed by atoms with E-state index in [4.69, 9.17) is 13.6 Å². The molecule has 0 aliphatic carbocycles. The van der Waals surface area contributed by atoms with Gasteiger partial charge in [0.1, 0.15) is 40.8 Å². The molecule has 0 spiro atoms. The molecule has 17 heteroatoms. The number of carbonyl (C=O) groups is 2. The number of benzene rings is 4. The number of rotatable bonds is 11. The van der Waals surface area contributed by atoms with Crippen LogP contribution in [0, 0.1) is 0 Å². The lowest BCUT2D eigenvalue weighted by Crippen LogP contribution is -2.12. The zero-order valence-electron chi connectivity index (χ0n) is 26.7. The molecule has 0 atom stereocenters. The first kappa shape index (κ1) is 35.8. The van der Waals surface area contributed by atoms with Crippen molar-refractivity contribution in [2.75, 3.05) is 32.6 Å². The summed E-state index contributed by atoms with van der Waals surface area (Å²) in [5, 5.41) is 4.89. The van der Waals surface area contributed by atoms with Gasteiger partial charge in [-0.3, -0.25) is 28.6 Å². The number of para-hydroxylation sites is 1. The lowest BCUT2D eigenvalue weighted by atomic mass is 10.0. The number of sulfonamides is 2. The molecule has 0 saturated heterocycles. The second kappa shape index (κ2) is 15.0. The maximum Gasteiger partial charge on any atom is 0.229 e. The van der Waals surface area contributed by atoms with Crippen LogP contribution in [-0.2, 0) is 29.6 Å². The van der Waals surface area contributed by atoms with Crippen LogP contribution < -0.4 is 35.7 Å². The molecule has 0 radical (unpaired) electrons. The SMILES string of the molecule is CS(=O)(=O)Nc1cc2occ(NC=O)c(=O)c2cc1-c1ccccc1.CS(=O)(=O)Nc1cc2occ(NC=O)c(=O)c2cc1Oc1ccccc1. The molecule has 262 valence electrons. The van der Waals surface area contributed by atoms with Crippen LogP contribution in [0.25, 0.3) is 33.1 Å². The molecule has 2 amide bonds. The highest BCUT2D eigenvalue weighted by atomic mass is 32.2. The van der Waals surface area contributed by atoms with Gasteiger partial charge in [0.2, 0.25) is 43.7 Å². The molecular formula is C34H28N4O11S2. The first-order valence-electron chi connectivity index (χ1n) is 14.6. The average molecular weight is 733 g/mol. The monoisotopic (exact) mass is 732 g/mol. The van der Waals surface area contributed by atoms with E-state index in [2.05, 4.69) is 20.1 Å². The fraction of sp³-hybridized carbons (Fsp3) is 0.0588. The normalized spacial score (nSPS) is 11.2. The number of hydrogen-bond acceptors (Lipinski definition) is 11. The minimum atomic E-state index is -3.60. The first-order chi connectivity index (χ1) is 24.3. The topological polar surface area (TPSA) is 220 Å². The lowest BCUT2D eigenvalue weighted by Gasteiger charge is -2.13. The molecule has 2 aromatic heterocycles. The average Bonchev–Trinajstić information content (AvgIpc) is 3.08. The van der Waals surface area contributed by atoms with E-state index >= 15 is 0 Å². The second-order valence-electron chi connectivity index (χ2n) is 10.7. The van der Waals surface area contributed by atoms with Crippen molar-refractivity contribution >= 4 is 77.6 Å². The molecule has 6 aromatic rings. The zero-order chi connectivity index (χ0) is 36.8. The minimum absolute atomic E-state index is 0.00494. The van der Waals surface area contributed by atoms with E-state index < -0.39 is 30.9 Å². The molecule has 15 nitrogen and oxygen atoms in total. The molecule has 0 bridgehead atoms. The largest absolute Gasteiger partial charge is 0.462 e. The van der Waals surface area contributed by atoms with Gasteiger partial charge in [-0.1, -0.05) is 48.5 Å². The number of anilines is 4. The highest BCUT2D eigenvalue weighted by Crippen LogP contribution is 2.35. The fourth-order valence-electron chi connectivity index (χ4n) is 4.78. The summed E-state index contributed by atoms with van der Waals surface area (Å²) in [5.74, 6) is 0.569. The Balaban J connectivity index is 0.000000198. The van der Waals surface area contributed by atoms with E-state index in [1.807, 2.05) is 6.07 Å². The molecule has 51 heavy (non-hydrogen) atoms. The van der Waals surface area contributed by atoms with Crippen molar-refractivity contribution in [3.05, 3.63) is 118 Å². The van der Waals surface area contributed by atoms with Crippen LogP contribution in [0.15, 0.2) is 116 Å². The van der Waals surface area contributed by atoms with Gasteiger partial charge in [0.05, 0.1) is 34.7 Å². The maximum absolute atomic E-state index is 12.5. The Bertz CT molecular complexity index is 2590. The Morgan fingerprint density at radius 1 is 0.608 bits per heavy atom. The third kappa shape index (κ3) is 8.97. The van der Waals surface area contributed by atoms with Gasteiger partial charge in [-0.05, 0) is 29.8 Å². The molecule has 2 heterocycles. The molecule has 0 unspecified atom stereocenters. The van der Waals surface area contributed by atoms with E-state index in [1.54, 1.807) is 60.7 Å². The van der Waals surface area contributed by atoms with Crippen LogP contribution in [0.5, 0.6) is 11.5 Å². The van der Waals surface area contributed by atoms with E-state index in [0.29, 0.717) is 29.8 Å². The number of nitrogens with one attached hydrogen (secondary N) is 4. The number of hydrogen-bond donors (Lipinski definition) is 4. The zero-order valence-corrected chi connectivity index (χ0v) is 28.3. The number of carbonyl (C=O) groups excluding carboxylic acids is 2. The van der Waals surface area contributed by atoms with Crippen LogP contribution in [0.2, 0.25) is 0 Å². The van der Waals surface area contributed by atoms with Crippen molar-refractivity contribution in [3.63, 3.8) is 0 Å². The van der Waals surface area contributed by atoms with Crippen molar-refractivity contribution in [2.24, 2.45) is 0 Å². The van der Waals surface area contributed by atoms with Crippen molar-refractivity contribution in [2.45, 2.75) is 0 Å². The molecule has 0 saturated carbocycles. The molecule has 0 fully saturated rings. The van der Waals surface area contributed by atoms with Gasteiger partial charge in [-0.15, -0.1) is 0 Å². The number of ether oxygens (including phenoxy) is 1. The van der Waals surface area contributed by atoms with Gasteiger partial charge in [0, 0.05) is 17.7 Å². The molecule has 0 aliphatic heterocycles. The van der Waals surface area contributed by atoms with Crippen LogP contribution >= 0.6 is 0 Å². The van der Waals surface area contributed by atoms with Gasteiger partial charge >= 0.3 is 0 Å². The second-order valence-corrected chi connectivity index (χ2v) is 14.2. The predicted octanol–water partition coefficient (Wildman–Crippen LogP) is 4.92. The first-order valence-corrected chi connectivity index (χ1v) is 18.4. The van der Waals surface area contributed by atoms with Gasteiger partial charge in [-0.2, -0.15) is 0 Å². The fourth-order valence-corrected chi connectivity index (χ4v) is 5.91. The Labute approximate surface area is 290 Å². The third-order valence-electron chi connectivity index (χ3n) is 6.86. The Hall–Kier alpha value is -6.46. The van der Waals surface area contributed by atoms with Crippen molar-refractivity contribution < 1.29 is 40.0 Å². The quantitative estimate of drug-likeness (QED) is 0.131. The van der Waals surface area contributed by atoms with Crippen molar-refractivity contribution in [1.82, 2.24) is 0 Å². The van der Waals surface area contributed by atoms with E-state index in [0.717, 1.165) is 30.6 Å². The van der Waals surface area contributed by atoms with Crippen molar-refractivity contribution in [3.8, 4) is 22.6 Å². The predicted molar refractivity (Wildman–Crippen MR) is 193 cm³/mol. The standard InChI is InChI=1S/C17H14N2O6S.C17H14N2O5S/c1-26(22,23)19-13-8-15-12(17(21)14(9-24-15)18-10-20)7-16(13)25-11-5-3-2-4-6-11;1-25(22,23)19-14-8-16-13(17(21)15(9-24-16)18-10-20)7-12(14)11-5-3-2-4-6-11/h2-10,19H,1H3,(H,18,20);2-10,19H,1H3,(H,18,20). The van der Waals surface area contributed by atoms with Crippen LogP contribution in [-0.4, -0.2) is 42.2 Å². The van der Waals surface area contributed by atoms with Gasteiger partial charge in [0.25, 0.3) is 0 Å². The smallest absolute Gasteiger partial charge is 0.229 e. The maximum atomic E-state index is 12.5. The van der Waals surface area contributed by atoms with Crippen molar-refractivity contribution in [1.29, 1.82) is 0 Å². The van der Waals surface area contributed by atoms with E-state index in [9.17, 15) is 36.0 Å². The minimum Gasteiger partial charge on any atom is -0.462 e. The molecular weight excluding hydrogens is 705 g/mol. The summed E-state index contributed by atoms with van der Waals surface area (Å²) in [4.78, 5) is 46.1. The number of fused-ring (bicyclic) bond motifs is 2. The van der Waals surface area contributed by atoms with Crippen LogP contribution in [0.3, 0.4) is 0 Å². The summed E-state index contributed by atoms with van der Waals surface area (Å²) in [6, 6.07) is 23.4. The summed E-state index contributed by atoms with van der Waals surface area (Å²) < 4.78 is 67.8. The molecule has 6 rings (SSSR count). The van der Waals surface area contributed by atoms with Crippen LogP contribution in [0.1, 0.15) is 0 Å². The van der Waals surface area contributed by atoms with E-state index in [-0.39, 0.29) is 44.8 Å². The van der Waals surface area contributed by atoms with Gasteiger partial charge in [0.15, 0.2) is 5.75 Å². The Morgan fingerprint density at radius 3 is 1.59 bits per heavy atom. The summed E-state index contributed by atoms with van der Waals surface area (Å²) in [7, 11) is -7.13. The summed E-state index contributed by atoms with van der Waals surface area (Å²) >= 11 is 0. The Morgan fingerprint density at radius 2 is 1.08 bits per heavy atom. The highest BCUT2D eigenvalue weighted by Gasteiger charge is 2.17. The van der Waals surface area contributed by atoms with E-state index in [1.165, 1.54) is 18.2 Å². The molecule has 0 aliphatic rings. The van der Waals surface area contributed by atoms with Gasteiger partial charge < -0.3 is 24.2 Å². The molecule has 4 aromatic carbocycles. The summed E-state index contributed by atoms with van der Waals surface area (Å²) in [6.45, 7) is 0. The third-order valence-corrected chi connectivity index (χ3v) is 8.04. The number of amides is 2. The highest BCUT2D eigenvalue weighted by molar-refractivity contribution is 7.92. The van der Waals surface area contributed by atoms with Gasteiger partial charge in [-0.25, -0.2) is 16.8 Å². The summed E-state index contributed by atoms with van der Waals surface area (Å²) in [6.07, 6.45) is 4.98.